The Balaban J connectivity index is 2.52. The fourth-order valence-corrected chi connectivity index (χ4v) is 1.66. The number of nitrogen functional groups attached to an aromatic ring is 1. The van der Waals surface area contributed by atoms with E-state index in [0.717, 1.165) is 3.57 Å². The van der Waals surface area contributed by atoms with E-state index >= 15 is 0 Å². The summed E-state index contributed by atoms with van der Waals surface area (Å²) in [6.45, 7) is 0. The average molecular weight is 299 g/mol. The third-order valence-corrected chi connectivity index (χ3v) is 2.12. The van der Waals surface area contributed by atoms with Crippen LogP contribution in [0.15, 0.2) is 12.1 Å². The highest BCUT2D eigenvalue weighted by Gasteiger charge is 2.44. The van der Waals surface area contributed by atoms with Gasteiger partial charge in [0.1, 0.15) is 0 Å². The molecule has 1 aliphatic rings. The van der Waals surface area contributed by atoms with Crippen molar-refractivity contribution in [3.8, 4) is 11.5 Å². The molecule has 0 unspecified atom stereocenters. The maximum absolute atomic E-state index is 12.5. The number of anilines is 1. The molecule has 1 aromatic rings. The molecule has 13 heavy (non-hydrogen) atoms. The van der Waals surface area contributed by atoms with E-state index in [-0.39, 0.29) is 17.2 Å². The molecule has 0 saturated heterocycles. The molecular weight excluding hydrogens is 295 g/mol. The minimum atomic E-state index is -3.60. The number of rotatable bonds is 0. The summed E-state index contributed by atoms with van der Waals surface area (Å²) < 4.78 is 34.2. The second-order valence-electron chi connectivity index (χ2n) is 2.49. The standard InChI is InChI=1S/C7H4F2INO2/c8-7(9)12-5-2-3(10)1-4(11)6(5)13-7/h1-2H,11H2. The molecule has 0 saturated carbocycles. The Bertz CT molecular complexity index is 370. The van der Waals surface area contributed by atoms with E-state index in [1.807, 2.05) is 22.6 Å². The first-order valence-corrected chi connectivity index (χ1v) is 4.41. The zero-order chi connectivity index (χ0) is 9.64. The lowest BCUT2D eigenvalue weighted by atomic mass is 10.3. The first-order chi connectivity index (χ1) is 5.98. The Morgan fingerprint density at radius 3 is 2.69 bits per heavy atom. The average Bonchev–Trinajstić information content (AvgIpc) is 2.23. The zero-order valence-electron chi connectivity index (χ0n) is 6.18. The van der Waals surface area contributed by atoms with Crippen molar-refractivity contribution in [3.05, 3.63) is 15.7 Å². The van der Waals surface area contributed by atoms with Gasteiger partial charge >= 0.3 is 6.29 Å². The number of halogens is 3. The van der Waals surface area contributed by atoms with Crippen molar-refractivity contribution < 1.29 is 18.3 Å². The van der Waals surface area contributed by atoms with Crippen LogP contribution in [0.1, 0.15) is 0 Å². The van der Waals surface area contributed by atoms with Crippen LogP contribution in [0.4, 0.5) is 14.5 Å². The molecule has 0 amide bonds. The quantitative estimate of drug-likeness (QED) is 0.590. The number of nitrogens with two attached hydrogens (primary N) is 1. The molecule has 70 valence electrons. The minimum Gasteiger partial charge on any atom is -0.396 e. The summed E-state index contributed by atoms with van der Waals surface area (Å²) in [7, 11) is 0. The smallest absolute Gasteiger partial charge is 0.396 e. The van der Waals surface area contributed by atoms with Crippen LogP contribution in [-0.4, -0.2) is 6.29 Å². The van der Waals surface area contributed by atoms with Crippen LogP contribution in [-0.2, 0) is 0 Å². The molecule has 2 N–H and O–H groups in total. The Kier molecular flexibility index (Phi) is 1.76. The van der Waals surface area contributed by atoms with E-state index in [1.54, 1.807) is 0 Å². The molecule has 1 aromatic carbocycles. The molecule has 2 rings (SSSR count). The maximum Gasteiger partial charge on any atom is 0.586 e. The molecule has 0 atom stereocenters. The number of benzene rings is 1. The Hall–Kier alpha value is -0.790. The number of hydrogen-bond donors (Lipinski definition) is 1. The predicted octanol–water partition coefficient (Wildman–Crippen LogP) is 2.19. The summed E-state index contributed by atoms with van der Waals surface area (Å²) in [5.41, 5.74) is 5.60. The van der Waals surface area contributed by atoms with Gasteiger partial charge in [-0.05, 0) is 34.7 Å². The molecule has 0 bridgehead atoms. The van der Waals surface area contributed by atoms with Gasteiger partial charge in [-0.15, -0.1) is 8.78 Å². The monoisotopic (exact) mass is 299 g/mol. The summed E-state index contributed by atoms with van der Waals surface area (Å²) in [6, 6.07) is 2.97. The van der Waals surface area contributed by atoms with Gasteiger partial charge in [-0.1, -0.05) is 0 Å². The molecule has 0 spiro atoms. The molecule has 3 nitrogen and oxygen atoms in total. The van der Waals surface area contributed by atoms with Crippen molar-refractivity contribution in [2.75, 3.05) is 5.73 Å². The SMILES string of the molecule is Nc1cc(I)cc2c1OC(F)(F)O2. The fraction of sp³-hybridized carbons (Fsp3) is 0.143. The van der Waals surface area contributed by atoms with Crippen LogP contribution in [0, 0.1) is 3.57 Å². The van der Waals surface area contributed by atoms with Crippen molar-refractivity contribution in [2.45, 2.75) is 6.29 Å². The zero-order valence-corrected chi connectivity index (χ0v) is 8.34. The largest absolute Gasteiger partial charge is 0.586 e. The van der Waals surface area contributed by atoms with E-state index in [9.17, 15) is 8.78 Å². The maximum atomic E-state index is 12.5. The lowest BCUT2D eigenvalue weighted by Crippen LogP contribution is -2.26. The van der Waals surface area contributed by atoms with Gasteiger partial charge in [-0.2, -0.15) is 0 Å². The summed E-state index contributed by atoms with van der Waals surface area (Å²) in [4.78, 5) is 0. The second kappa shape index (κ2) is 2.60. The van der Waals surface area contributed by atoms with Crippen molar-refractivity contribution in [3.63, 3.8) is 0 Å². The summed E-state index contributed by atoms with van der Waals surface area (Å²) >= 11 is 1.95. The van der Waals surface area contributed by atoms with E-state index in [0.29, 0.717) is 0 Å². The summed E-state index contributed by atoms with van der Waals surface area (Å²) in [5, 5.41) is 0. The van der Waals surface area contributed by atoms with Crippen LogP contribution in [0.3, 0.4) is 0 Å². The van der Waals surface area contributed by atoms with Crippen LogP contribution < -0.4 is 15.2 Å². The molecule has 0 fully saturated rings. The van der Waals surface area contributed by atoms with E-state index in [1.165, 1.54) is 12.1 Å². The minimum absolute atomic E-state index is 0.0191. The van der Waals surface area contributed by atoms with Crippen molar-refractivity contribution in [2.24, 2.45) is 0 Å². The third-order valence-electron chi connectivity index (χ3n) is 1.50. The predicted molar refractivity (Wildman–Crippen MR) is 49.8 cm³/mol. The van der Waals surface area contributed by atoms with Gasteiger partial charge in [-0.25, -0.2) is 0 Å². The van der Waals surface area contributed by atoms with Crippen LogP contribution >= 0.6 is 22.6 Å². The van der Waals surface area contributed by atoms with Crippen molar-refractivity contribution >= 4 is 28.3 Å². The Labute approximate surface area is 86.0 Å². The number of alkyl halides is 2. The summed E-state index contributed by atoms with van der Waals surface area (Å²) in [5.74, 6) is -0.111. The lowest BCUT2D eigenvalue weighted by Gasteiger charge is -2.04. The van der Waals surface area contributed by atoms with Gasteiger partial charge in [0.25, 0.3) is 0 Å². The van der Waals surface area contributed by atoms with Gasteiger partial charge in [-0.3, -0.25) is 0 Å². The molecule has 0 aliphatic carbocycles. The molecule has 6 heteroatoms. The first kappa shape index (κ1) is 8.79. The number of ether oxygens (including phenoxy) is 2. The first-order valence-electron chi connectivity index (χ1n) is 3.33. The highest BCUT2D eigenvalue weighted by Crippen LogP contribution is 2.45. The molecular formula is C7H4F2INO2. The number of hydrogen-bond acceptors (Lipinski definition) is 3. The van der Waals surface area contributed by atoms with Gasteiger partial charge in [0, 0.05) is 3.57 Å². The lowest BCUT2D eigenvalue weighted by molar-refractivity contribution is -0.286. The van der Waals surface area contributed by atoms with Crippen molar-refractivity contribution in [1.29, 1.82) is 0 Å². The van der Waals surface area contributed by atoms with Gasteiger partial charge < -0.3 is 15.2 Å². The van der Waals surface area contributed by atoms with E-state index in [4.69, 9.17) is 5.73 Å². The Morgan fingerprint density at radius 1 is 1.31 bits per heavy atom. The highest BCUT2D eigenvalue weighted by atomic mass is 127. The third kappa shape index (κ3) is 1.50. The topological polar surface area (TPSA) is 44.5 Å². The van der Waals surface area contributed by atoms with Crippen molar-refractivity contribution in [1.82, 2.24) is 0 Å². The van der Waals surface area contributed by atoms with Gasteiger partial charge in [0.15, 0.2) is 11.5 Å². The molecule has 1 heterocycles. The molecule has 0 aromatic heterocycles. The fourth-order valence-electron chi connectivity index (χ4n) is 1.04. The Morgan fingerprint density at radius 2 is 2.00 bits per heavy atom. The summed E-state index contributed by atoms with van der Waals surface area (Å²) in [6.07, 6.45) is -3.60. The van der Waals surface area contributed by atoms with Crippen LogP contribution in [0.25, 0.3) is 0 Å². The van der Waals surface area contributed by atoms with Crippen LogP contribution in [0.2, 0.25) is 0 Å². The molecule has 1 aliphatic heterocycles. The number of fused-ring (bicyclic) bond motifs is 1. The van der Waals surface area contributed by atoms with E-state index in [2.05, 4.69) is 9.47 Å². The normalized spacial score (nSPS) is 17.5. The van der Waals surface area contributed by atoms with Gasteiger partial charge in [0.2, 0.25) is 0 Å². The van der Waals surface area contributed by atoms with Gasteiger partial charge in [0.05, 0.1) is 5.69 Å². The highest BCUT2D eigenvalue weighted by molar-refractivity contribution is 14.1. The second-order valence-corrected chi connectivity index (χ2v) is 3.74. The van der Waals surface area contributed by atoms with E-state index < -0.39 is 6.29 Å². The molecule has 0 radical (unpaired) electrons. The van der Waals surface area contributed by atoms with Crippen LogP contribution in [0.5, 0.6) is 11.5 Å².